The highest BCUT2D eigenvalue weighted by atomic mass is 15.1. The minimum Gasteiger partial charge on any atom is -0.380 e. The van der Waals surface area contributed by atoms with Crippen molar-refractivity contribution in [1.82, 2.24) is 9.80 Å². The zero-order chi connectivity index (χ0) is 8.85. The van der Waals surface area contributed by atoms with Crippen molar-refractivity contribution in [2.45, 2.75) is 20.3 Å². The fourth-order valence-corrected chi connectivity index (χ4v) is 0.852. The largest absolute Gasteiger partial charge is 0.380 e. The second kappa shape index (κ2) is 5.05. The molecule has 2 heteroatoms. The van der Waals surface area contributed by atoms with Gasteiger partial charge in [0.2, 0.25) is 0 Å². The Morgan fingerprint density at radius 2 is 1.82 bits per heavy atom. The van der Waals surface area contributed by atoms with Crippen LogP contribution >= 0.6 is 0 Å². The maximum atomic E-state index is 2.22. The van der Waals surface area contributed by atoms with Gasteiger partial charge in [0.15, 0.2) is 0 Å². The average Bonchev–Trinajstić information content (AvgIpc) is 1.87. The van der Waals surface area contributed by atoms with Gasteiger partial charge in [-0.15, -0.1) is 0 Å². The number of allylic oxidation sites excluding steroid dienone is 1. The van der Waals surface area contributed by atoms with Gasteiger partial charge in [-0.1, -0.05) is 6.92 Å². The molecule has 0 spiro atoms. The number of rotatable bonds is 4. The SMILES string of the molecule is CCCN(C)/C=C(/C)N(C)C. The topological polar surface area (TPSA) is 6.48 Å². The molecular formula is C9H20N2. The lowest BCUT2D eigenvalue weighted by Gasteiger charge is -2.18. The lowest BCUT2D eigenvalue weighted by Crippen LogP contribution is -2.16. The highest BCUT2D eigenvalue weighted by Crippen LogP contribution is 1.98. The Morgan fingerprint density at radius 1 is 1.27 bits per heavy atom. The molecule has 0 aliphatic rings. The Hall–Kier alpha value is -0.660. The van der Waals surface area contributed by atoms with Gasteiger partial charge < -0.3 is 9.80 Å². The normalized spacial score (nSPS) is 11.5. The van der Waals surface area contributed by atoms with Crippen molar-refractivity contribution in [3.63, 3.8) is 0 Å². The van der Waals surface area contributed by atoms with Crippen LogP contribution in [0.5, 0.6) is 0 Å². The van der Waals surface area contributed by atoms with Crippen LogP contribution in [0.2, 0.25) is 0 Å². The lowest BCUT2D eigenvalue weighted by atomic mass is 10.4. The lowest BCUT2D eigenvalue weighted by molar-refractivity contribution is 0.423. The second-order valence-electron chi connectivity index (χ2n) is 3.15. The monoisotopic (exact) mass is 156 g/mol. The van der Waals surface area contributed by atoms with E-state index in [1.165, 1.54) is 12.1 Å². The predicted octanol–water partition coefficient (Wildman–Crippen LogP) is 1.75. The first-order chi connectivity index (χ1) is 5.07. The van der Waals surface area contributed by atoms with Crippen molar-refractivity contribution in [1.29, 1.82) is 0 Å². The molecule has 0 aliphatic heterocycles. The number of nitrogens with zero attached hydrogens (tertiary/aromatic N) is 2. The maximum absolute atomic E-state index is 2.22. The van der Waals surface area contributed by atoms with Gasteiger partial charge in [-0.3, -0.25) is 0 Å². The fourth-order valence-electron chi connectivity index (χ4n) is 0.852. The van der Waals surface area contributed by atoms with Gasteiger partial charge in [0.05, 0.1) is 0 Å². The van der Waals surface area contributed by atoms with Crippen LogP contribution in [0, 0.1) is 0 Å². The Balaban J connectivity index is 3.86. The van der Waals surface area contributed by atoms with Crippen molar-refractivity contribution >= 4 is 0 Å². The van der Waals surface area contributed by atoms with E-state index in [1.807, 2.05) is 0 Å². The third-order valence-corrected chi connectivity index (χ3v) is 1.69. The van der Waals surface area contributed by atoms with E-state index >= 15 is 0 Å². The molecule has 0 saturated carbocycles. The van der Waals surface area contributed by atoms with E-state index in [2.05, 4.69) is 51.0 Å². The van der Waals surface area contributed by atoms with Crippen LogP contribution in [0.3, 0.4) is 0 Å². The molecule has 66 valence electrons. The molecule has 0 saturated heterocycles. The summed E-state index contributed by atoms with van der Waals surface area (Å²) in [5.74, 6) is 0. The molecule has 0 unspecified atom stereocenters. The Labute approximate surface area is 70.5 Å². The number of hydrogen-bond donors (Lipinski definition) is 0. The summed E-state index contributed by atoms with van der Waals surface area (Å²) in [6.07, 6.45) is 3.37. The number of hydrogen-bond acceptors (Lipinski definition) is 2. The fraction of sp³-hybridized carbons (Fsp3) is 0.778. The molecule has 0 fully saturated rings. The van der Waals surface area contributed by atoms with Crippen LogP contribution in [0.1, 0.15) is 20.3 Å². The zero-order valence-electron chi connectivity index (χ0n) is 8.39. The van der Waals surface area contributed by atoms with Crippen LogP contribution in [0.25, 0.3) is 0 Å². The third-order valence-electron chi connectivity index (χ3n) is 1.69. The molecule has 0 aromatic carbocycles. The van der Waals surface area contributed by atoms with Gasteiger partial charge in [-0.05, 0) is 13.3 Å². The molecule has 0 bridgehead atoms. The van der Waals surface area contributed by atoms with Crippen LogP contribution in [0.4, 0.5) is 0 Å². The summed E-state index contributed by atoms with van der Waals surface area (Å²) in [6, 6.07) is 0. The van der Waals surface area contributed by atoms with E-state index in [-0.39, 0.29) is 0 Å². The van der Waals surface area contributed by atoms with Gasteiger partial charge in [0.25, 0.3) is 0 Å². The Morgan fingerprint density at radius 3 is 2.18 bits per heavy atom. The standard InChI is InChI=1S/C9H20N2/c1-6-7-11(5)8-9(2)10(3)4/h8H,6-7H2,1-5H3/b9-8-. The molecule has 0 N–H and O–H groups in total. The molecule has 0 atom stereocenters. The van der Waals surface area contributed by atoms with E-state index in [0.717, 1.165) is 6.54 Å². The minimum absolute atomic E-state index is 1.13. The molecule has 0 radical (unpaired) electrons. The molecule has 2 nitrogen and oxygen atoms in total. The van der Waals surface area contributed by atoms with Gasteiger partial charge in [0.1, 0.15) is 0 Å². The molecule has 0 heterocycles. The smallest absolute Gasteiger partial charge is 0.0257 e. The Bertz CT molecular complexity index is 128. The van der Waals surface area contributed by atoms with Crippen LogP contribution in [0.15, 0.2) is 11.9 Å². The first-order valence-electron chi connectivity index (χ1n) is 4.14. The molecular weight excluding hydrogens is 136 g/mol. The summed E-state index contributed by atoms with van der Waals surface area (Å²) in [4.78, 5) is 4.33. The molecule has 11 heavy (non-hydrogen) atoms. The van der Waals surface area contributed by atoms with E-state index < -0.39 is 0 Å². The summed E-state index contributed by atoms with van der Waals surface area (Å²) < 4.78 is 0. The summed E-state index contributed by atoms with van der Waals surface area (Å²) in [5, 5.41) is 0. The van der Waals surface area contributed by atoms with Crippen LogP contribution in [-0.4, -0.2) is 37.5 Å². The first-order valence-corrected chi connectivity index (χ1v) is 4.14. The summed E-state index contributed by atoms with van der Waals surface area (Å²) in [6.45, 7) is 5.44. The zero-order valence-corrected chi connectivity index (χ0v) is 8.39. The van der Waals surface area contributed by atoms with Crippen LogP contribution < -0.4 is 0 Å². The molecule has 0 aliphatic carbocycles. The average molecular weight is 156 g/mol. The summed E-state index contributed by atoms with van der Waals surface area (Å²) in [7, 11) is 6.23. The maximum Gasteiger partial charge on any atom is 0.0257 e. The van der Waals surface area contributed by atoms with Gasteiger partial charge in [-0.2, -0.15) is 0 Å². The van der Waals surface area contributed by atoms with E-state index in [1.54, 1.807) is 0 Å². The van der Waals surface area contributed by atoms with E-state index in [9.17, 15) is 0 Å². The van der Waals surface area contributed by atoms with E-state index in [0.29, 0.717) is 0 Å². The quantitative estimate of drug-likeness (QED) is 0.612. The predicted molar refractivity (Wildman–Crippen MR) is 50.4 cm³/mol. The van der Waals surface area contributed by atoms with Crippen LogP contribution in [-0.2, 0) is 0 Å². The third kappa shape index (κ3) is 4.71. The van der Waals surface area contributed by atoms with Crippen molar-refractivity contribution in [2.24, 2.45) is 0 Å². The highest BCUT2D eigenvalue weighted by Gasteiger charge is 1.93. The molecule has 0 rings (SSSR count). The van der Waals surface area contributed by atoms with Crippen molar-refractivity contribution < 1.29 is 0 Å². The molecule has 0 aromatic heterocycles. The Kier molecular flexibility index (Phi) is 4.75. The summed E-state index contributed by atoms with van der Waals surface area (Å²) >= 11 is 0. The van der Waals surface area contributed by atoms with Crippen molar-refractivity contribution in [2.75, 3.05) is 27.7 Å². The molecule has 0 aromatic rings. The second-order valence-corrected chi connectivity index (χ2v) is 3.15. The van der Waals surface area contributed by atoms with Crippen molar-refractivity contribution in [3.05, 3.63) is 11.9 Å². The minimum atomic E-state index is 1.13. The van der Waals surface area contributed by atoms with Crippen molar-refractivity contribution in [3.8, 4) is 0 Å². The molecule has 0 amide bonds. The van der Waals surface area contributed by atoms with Gasteiger partial charge in [-0.25, -0.2) is 0 Å². The van der Waals surface area contributed by atoms with E-state index in [4.69, 9.17) is 0 Å². The van der Waals surface area contributed by atoms with Gasteiger partial charge in [0, 0.05) is 39.6 Å². The summed E-state index contributed by atoms with van der Waals surface area (Å²) in [5.41, 5.74) is 1.29. The highest BCUT2D eigenvalue weighted by molar-refractivity contribution is 4.93. The first kappa shape index (κ1) is 10.3. The van der Waals surface area contributed by atoms with Gasteiger partial charge >= 0.3 is 0 Å².